The van der Waals surface area contributed by atoms with E-state index in [0.717, 1.165) is 5.56 Å². The summed E-state index contributed by atoms with van der Waals surface area (Å²) in [6.45, 7) is 7.10. The molecule has 5 heteroatoms. The number of thioether (sulfide) groups is 1. The lowest BCUT2D eigenvalue weighted by Gasteiger charge is -2.23. The van der Waals surface area contributed by atoms with E-state index in [2.05, 4.69) is 24.5 Å². The van der Waals surface area contributed by atoms with Crippen molar-refractivity contribution in [2.24, 2.45) is 0 Å². The SMILES string of the molecule is CSC(C)(C)CNC(=O)NCC(CC(C)O)c1ccccc1. The van der Waals surface area contributed by atoms with Gasteiger partial charge in [0.1, 0.15) is 0 Å². The molecule has 1 rings (SSSR count). The summed E-state index contributed by atoms with van der Waals surface area (Å²) in [6, 6.07) is 9.82. The third-order valence-electron chi connectivity index (χ3n) is 3.63. The lowest BCUT2D eigenvalue weighted by molar-refractivity contribution is 0.173. The first-order chi connectivity index (χ1) is 10.3. The average Bonchev–Trinajstić information content (AvgIpc) is 2.50. The Kier molecular flexibility index (Phi) is 7.76. The monoisotopic (exact) mass is 324 g/mol. The molecule has 0 aromatic heterocycles. The van der Waals surface area contributed by atoms with Gasteiger partial charge < -0.3 is 15.7 Å². The lowest BCUT2D eigenvalue weighted by Crippen LogP contribution is -2.43. The van der Waals surface area contributed by atoms with Crippen LogP contribution in [-0.2, 0) is 0 Å². The molecular weight excluding hydrogens is 296 g/mol. The molecule has 22 heavy (non-hydrogen) atoms. The minimum atomic E-state index is -0.398. The molecule has 0 aliphatic rings. The van der Waals surface area contributed by atoms with Gasteiger partial charge in [0, 0.05) is 23.8 Å². The van der Waals surface area contributed by atoms with Gasteiger partial charge in [-0.3, -0.25) is 0 Å². The van der Waals surface area contributed by atoms with Gasteiger partial charge in [0.25, 0.3) is 0 Å². The van der Waals surface area contributed by atoms with Crippen molar-refractivity contribution >= 4 is 17.8 Å². The molecule has 124 valence electrons. The van der Waals surface area contributed by atoms with Crippen LogP contribution in [0, 0.1) is 0 Å². The standard InChI is InChI=1S/C17H28N2O2S/c1-13(20)10-15(14-8-6-5-7-9-14)11-18-16(21)19-12-17(2,3)22-4/h5-9,13,15,20H,10-12H2,1-4H3,(H2,18,19,21). The Morgan fingerprint density at radius 3 is 2.45 bits per heavy atom. The fraction of sp³-hybridized carbons (Fsp3) is 0.588. The fourth-order valence-electron chi connectivity index (χ4n) is 2.12. The van der Waals surface area contributed by atoms with Crippen LogP contribution in [0.4, 0.5) is 4.79 Å². The van der Waals surface area contributed by atoms with Crippen LogP contribution in [0.2, 0.25) is 0 Å². The van der Waals surface area contributed by atoms with Gasteiger partial charge in [0.05, 0.1) is 6.10 Å². The van der Waals surface area contributed by atoms with Crippen LogP contribution in [-0.4, -0.2) is 41.3 Å². The quantitative estimate of drug-likeness (QED) is 0.689. The number of amides is 2. The largest absolute Gasteiger partial charge is 0.393 e. The number of nitrogens with one attached hydrogen (secondary N) is 2. The number of hydrogen-bond acceptors (Lipinski definition) is 3. The molecule has 0 heterocycles. The Morgan fingerprint density at radius 1 is 1.27 bits per heavy atom. The number of benzene rings is 1. The van der Waals surface area contributed by atoms with Crippen molar-refractivity contribution in [3.8, 4) is 0 Å². The zero-order valence-electron chi connectivity index (χ0n) is 13.9. The van der Waals surface area contributed by atoms with Crippen LogP contribution in [0.3, 0.4) is 0 Å². The molecule has 1 aromatic carbocycles. The van der Waals surface area contributed by atoms with Gasteiger partial charge in [-0.05, 0) is 39.0 Å². The Hall–Kier alpha value is -1.20. The first kappa shape index (κ1) is 18.8. The molecule has 2 atom stereocenters. The van der Waals surface area contributed by atoms with Crippen LogP contribution in [0.15, 0.2) is 30.3 Å². The van der Waals surface area contributed by atoms with Crippen LogP contribution in [0.25, 0.3) is 0 Å². The number of rotatable bonds is 8. The van der Waals surface area contributed by atoms with E-state index in [0.29, 0.717) is 19.5 Å². The van der Waals surface area contributed by atoms with Crippen LogP contribution < -0.4 is 10.6 Å². The molecule has 0 radical (unpaired) electrons. The lowest BCUT2D eigenvalue weighted by atomic mass is 9.93. The molecule has 0 saturated carbocycles. The highest BCUT2D eigenvalue weighted by Gasteiger charge is 2.18. The second-order valence-corrected chi connectivity index (χ2v) is 7.73. The summed E-state index contributed by atoms with van der Waals surface area (Å²) in [5.74, 6) is 0.112. The van der Waals surface area contributed by atoms with Gasteiger partial charge in [0.15, 0.2) is 0 Å². The Morgan fingerprint density at radius 2 is 1.91 bits per heavy atom. The smallest absolute Gasteiger partial charge is 0.314 e. The maximum atomic E-state index is 11.9. The van der Waals surface area contributed by atoms with Crippen molar-refractivity contribution in [1.82, 2.24) is 10.6 Å². The topological polar surface area (TPSA) is 61.4 Å². The molecule has 1 aromatic rings. The third-order valence-corrected chi connectivity index (χ3v) is 4.88. The zero-order valence-corrected chi connectivity index (χ0v) is 14.7. The van der Waals surface area contributed by atoms with E-state index >= 15 is 0 Å². The number of carbonyl (C=O) groups excluding carboxylic acids is 1. The molecular formula is C17H28N2O2S. The fourth-order valence-corrected chi connectivity index (χ4v) is 2.33. The van der Waals surface area contributed by atoms with Crippen LogP contribution in [0.5, 0.6) is 0 Å². The van der Waals surface area contributed by atoms with E-state index in [1.54, 1.807) is 18.7 Å². The zero-order chi connectivity index (χ0) is 16.6. The molecule has 4 nitrogen and oxygen atoms in total. The number of aliphatic hydroxyl groups excluding tert-OH is 1. The van der Waals surface area contributed by atoms with Crippen molar-refractivity contribution < 1.29 is 9.90 Å². The third kappa shape index (κ3) is 7.18. The maximum absolute atomic E-state index is 11.9. The Balaban J connectivity index is 2.52. The molecule has 0 aliphatic heterocycles. The van der Waals surface area contributed by atoms with Crippen molar-refractivity contribution in [2.45, 2.75) is 44.0 Å². The highest BCUT2D eigenvalue weighted by atomic mass is 32.2. The predicted molar refractivity (Wildman–Crippen MR) is 94.5 cm³/mol. The molecule has 0 fully saturated rings. The number of carbonyl (C=O) groups is 1. The van der Waals surface area contributed by atoms with E-state index < -0.39 is 6.10 Å². The van der Waals surface area contributed by atoms with Crippen molar-refractivity contribution in [2.75, 3.05) is 19.3 Å². The summed E-state index contributed by atoms with van der Waals surface area (Å²) in [5, 5.41) is 15.5. The van der Waals surface area contributed by atoms with Crippen molar-refractivity contribution in [3.05, 3.63) is 35.9 Å². The number of aliphatic hydroxyl groups is 1. The number of hydrogen-bond donors (Lipinski definition) is 3. The number of urea groups is 1. The molecule has 3 N–H and O–H groups in total. The van der Waals surface area contributed by atoms with Crippen molar-refractivity contribution in [1.29, 1.82) is 0 Å². The van der Waals surface area contributed by atoms with Gasteiger partial charge in [-0.25, -0.2) is 4.79 Å². The molecule has 0 bridgehead atoms. The molecule has 0 spiro atoms. The highest BCUT2D eigenvalue weighted by Crippen LogP contribution is 2.21. The summed E-state index contributed by atoms with van der Waals surface area (Å²) in [6.07, 6.45) is 2.26. The van der Waals surface area contributed by atoms with E-state index in [-0.39, 0.29) is 16.7 Å². The summed E-state index contributed by atoms with van der Waals surface area (Å²) in [5.41, 5.74) is 1.13. The predicted octanol–water partition coefficient (Wildman–Crippen LogP) is 2.98. The molecule has 0 saturated heterocycles. The maximum Gasteiger partial charge on any atom is 0.314 e. The second-order valence-electron chi connectivity index (χ2n) is 6.22. The average molecular weight is 324 g/mol. The van der Waals surface area contributed by atoms with E-state index in [1.165, 1.54) is 0 Å². The molecule has 0 aliphatic carbocycles. The summed E-state index contributed by atoms with van der Waals surface area (Å²) in [7, 11) is 0. The van der Waals surface area contributed by atoms with Crippen molar-refractivity contribution in [3.63, 3.8) is 0 Å². The molecule has 2 amide bonds. The second kappa shape index (κ2) is 9.06. The van der Waals surface area contributed by atoms with Gasteiger partial charge in [-0.2, -0.15) is 11.8 Å². The molecule has 2 unspecified atom stereocenters. The van der Waals surface area contributed by atoms with Gasteiger partial charge in [0.2, 0.25) is 0 Å². The minimum Gasteiger partial charge on any atom is -0.393 e. The van der Waals surface area contributed by atoms with Crippen LogP contribution >= 0.6 is 11.8 Å². The summed E-state index contributed by atoms with van der Waals surface area (Å²) in [4.78, 5) is 11.9. The minimum absolute atomic E-state index is 0.0236. The van der Waals surface area contributed by atoms with Gasteiger partial charge in [-0.1, -0.05) is 30.3 Å². The highest BCUT2D eigenvalue weighted by molar-refractivity contribution is 7.99. The Labute approximate surface area is 138 Å². The summed E-state index contributed by atoms with van der Waals surface area (Å²) < 4.78 is 0.0236. The normalized spacial score (nSPS) is 14.2. The van der Waals surface area contributed by atoms with E-state index in [4.69, 9.17) is 0 Å². The van der Waals surface area contributed by atoms with Crippen LogP contribution in [0.1, 0.15) is 38.7 Å². The van der Waals surface area contributed by atoms with E-state index in [1.807, 2.05) is 36.6 Å². The first-order valence-electron chi connectivity index (χ1n) is 7.64. The first-order valence-corrected chi connectivity index (χ1v) is 8.86. The summed E-state index contributed by atoms with van der Waals surface area (Å²) >= 11 is 1.72. The van der Waals surface area contributed by atoms with Gasteiger partial charge in [-0.15, -0.1) is 0 Å². The van der Waals surface area contributed by atoms with E-state index in [9.17, 15) is 9.90 Å². The Bertz CT molecular complexity index is 449. The van der Waals surface area contributed by atoms with Gasteiger partial charge >= 0.3 is 6.03 Å².